The van der Waals surface area contributed by atoms with Crippen molar-refractivity contribution in [2.75, 3.05) is 0 Å². The highest BCUT2D eigenvalue weighted by atomic mass is 35.5. The summed E-state index contributed by atoms with van der Waals surface area (Å²) >= 11 is 6.33. The summed E-state index contributed by atoms with van der Waals surface area (Å²) in [6.07, 6.45) is 4.46. The lowest BCUT2D eigenvalue weighted by molar-refractivity contribution is 0.682. The van der Waals surface area contributed by atoms with Gasteiger partial charge in [-0.2, -0.15) is 5.10 Å². The van der Waals surface area contributed by atoms with Crippen molar-refractivity contribution in [3.8, 4) is 0 Å². The summed E-state index contributed by atoms with van der Waals surface area (Å²) in [5, 5.41) is 4.40. The fourth-order valence-corrected chi connectivity index (χ4v) is 2.79. The summed E-state index contributed by atoms with van der Waals surface area (Å²) in [4.78, 5) is 8.79. The second-order valence-corrected chi connectivity index (χ2v) is 5.78. The number of nitrogens with zero attached hydrogens (tertiary/aromatic N) is 5. The third kappa shape index (κ3) is 2.42. The molecule has 5 nitrogen and oxygen atoms in total. The fraction of sp³-hybridized carbons (Fsp3) is 0.400. The third-order valence-corrected chi connectivity index (χ3v) is 3.80. The zero-order chi connectivity index (χ0) is 15.0. The molecule has 3 rings (SSSR count). The molecule has 0 aliphatic rings. The van der Waals surface area contributed by atoms with Crippen LogP contribution in [0.1, 0.15) is 36.3 Å². The maximum absolute atomic E-state index is 6.33. The predicted molar refractivity (Wildman–Crippen MR) is 83.5 cm³/mol. The Morgan fingerprint density at radius 1 is 1.29 bits per heavy atom. The topological polar surface area (TPSA) is 48.5 Å². The summed E-state index contributed by atoms with van der Waals surface area (Å²) in [6.45, 7) is 4.76. The van der Waals surface area contributed by atoms with Crippen molar-refractivity contribution in [2.24, 2.45) is 7.05 Å². The zero-order valence-corrected chi connectivity index (χ0v) is 13.2. The Hall–Kier alpha value is -1.88. The van der Waals surface area contributed by atoms with Crippen LogP contribution in [0.25, 0.3) is 11.2 Å². The van der Waals surface area contributed by atoms with Crippen LogP contribution in [-0.4, -0.2) is 24.3 Å². The molecule has 3 aromatic heterocycles. The van der Waals surface area contributed by atoms with Crippen molar-refractivity contribution in [1.29, 1.82) is 0 Å². The molecule has 0 radical (unpaired) electrons. The molecule has 1 atom stereocenters. The van der Waals surface area contributed by atoms with Crippen molar-refractivity contribution in [3.05, 3.63) is 41.6 Å². The number of alkyl halides is 1. The number of aryl methyl sites for hydroxylation is 2. The second kappa shape index (κ2) is 5.48. The molecule has 0 amide bonds. The molecule has 21 heavy (non-hydrogen) atoms. The second-order valence-electron chi connectivity index (χ2n) is 5.12. The largest absolute Gasteiger partial charge is 0.307 e. The minimum Gasteiger partial charge on any atom is -0.307 e. The number of aromatic nitrogens is 5. The van der Waals surface area contributed by atoms with Crippen molar-refractivity contribution in [2.45, 2.75) is 32.2 Å². The van der Waals surface area contributed by atoms with Gasteiger partial charge >= 0.3 is 0 Å². The van der Waals surface area contributed by atoms with Gasteiger partial charge < -0.3 is 4.57 Å². The molecular formula is C15H18ClN5. The van der Waals surface area contributed by atoms with Gasteiger partial charge in [-0.3, -0.25) is 9.67 Å². The lowest BCUT2D eigenvalue weighted by atomic mass is 10.2. The lowest BCUT2D eigenvalue weighted by Crippen LogP contribution is -2.09. The van der Waals surface area contributed by atoms with Crippen LogP contribution in [0.4, 0.5) is 0 Å². The number of pyridine rings is 1. The Labute approximate surface area is 128 Å². The van der Waals surface area contributed by atoms with E-state index >= 15 is 0 Å². The van der Waals surface area contributed by atoms with Gasteiger partial charge in [0.05, 0.1) is 17.6 Å². The Morgan fingerprint density at radius 2 is 2.00 bits per heavy atom. The van der Waals surface area contributed by atoms with Crippen LogP contribution in [0.5, 0.6) is 0 Å². The Bertz CT molecular complexity index is 757. The number of imidazole rings is 1. The Kier molecular flexibility index (Phi) is 3.68. The molecule has 3 aromatic rings. The normalized spacial score (nSPS) is 13.0. The molecule has 0 saturated heterocycles. The smallest absolute Gasteiger partial charge is 0.159 e. The van der Waals surface area contributed by atoms with Gasteiger partial charge in [0.2, 0.25) is 0 Å². The van der Waals surface area contributed by atoms with Crippen molar-refractivity contribution < 1.29 is 0 Å². The number of rotatable bonds is 4. The fourth-order valence-electron chi connectivity index (χ4n) is 2.63. The lowest BCUT2D eigenvalue weighted by Gasteiger charge is -2.11. The highest BCUT2D eigenvalue weighted by Crippen LogP contribution is 2.27. The summed E-state index contributed by atoms with van der Waals surface area (Å²) < 4.78 is 4.04. The first-order valence-electron chi connectivity index (χ1n) is 7.06. The highest BCUT2D eigenvalue weighted by molar-refractivity contribution is 6.20. The molecule has 0 aromatic carbocycles. The van der Waals surface area contributed by atoms with Gasteiger partial charge in [-0.15, -0.1) is 11.6 Å². The van der Waals surface area contributed by atoms with E-state index in [-0.39, 0.29) is 5.38 Å². The molecule has 0 saturated carbocycles. The van der Waals surface area contributed by atoms with E-state index in [1.54, 1.807) is 12.4 Å². The van der Waals surface area contributed by atoms with Crippen LogP contribution in [0.2, 0.25) is 0 Å². The standard InChI is InChI=1S/C15H18ClN5/c1-4-12-13-15(20(3)19-12)21(14(18-13)10(2)16)9-11-5-7-17-8-6-11/h5-8,10H,4,9H2,1-3H3. The van der Waals surface area contributed by atoms with E-state index in [1.165, 1.54) is 5.56 Å². The minimum atomic E-state index is -0.149. The first-order chi connectivity index (χ1) is 10.1. The van der Waals surface area contributed by atoms with Gasteiger partial charge in [-0.05, 0) is 31.0 Å². The summed E-state index contributed by atoms with van der Waals surface area (Å²) in [7, 11) is 1.95. The monoisotopic (exact) mass is 303 g/mol. The quantitative estimate of drug-likeness (QED) is 0.696. The van der Waals surface area contributed by atoms with Crippen LogP contribution in [0.3, 0.4) is 0 Å². The molecule has 1 unspecified atom stereocenters. The molecule has 6 heteroatoms. The van der Waals surface area contributed by atoms with E-state index in [1.807, 2.05) is 30.8 Å². The molecular weight excluding hydrogens is 286 g/mol. The highest BCUT2D eigenvalue weighted by Gasteiger charge is 2.21. The molecule has 110 valence electrons. The molecule has 0 spiro atoms. The van der Waals surface area contributed by atoms with Gasteiger partial charge in [0.15, 0.2) is 5.65 Å². The number of fused-ring (bicyclic) bond motifs is 1. The van der Waals surface area contributed by atoms with E-state index in [0.717, 1.165) is 29.1 Å². The minimum absolute atomic E-state index is 0.149. The first kappa shape index (κ1) is 14.1. The molecule has 3 heterocycles. The van der Waals surface area contributed by atoms with E-state index in [9.17, 15) is 0 Å². The Morgan fingerprint density at radius 3 is 2.62 bits per heavy atom. The van der Waals surface area contributed by atoms with Gasteiger partial charge in [0.1, 0.15) is 11.3 Å². The SMILES string of the molecule is CCc1nn(C)c2c1nc(C(C)Cl)n2Cc1ccncc1. The average Bonchev–Trinajstić information content (AvgIpc) is 2.99. The van der Waals surface area contributed by atoms with E-state index in [4.69, 9.17) is 16.6 Å². The predicted octanol–water partition coefficient (Wildman–Crippen LogP) is 3.08. The van der Waals surface area contributed by atoms with Gasteiger partial charge in [0.25, 0.3) is 0 Å². The van der Waals surface area contributed by atoms with Crippen molar-refractivity contribution in [1.82, 2.24) is 24.3 Å². The third-order valence-electron chi connectivity index (χ3n) is 3.60. The van der Waals surface area contributed by atoms with Crippen LogP contribution in [0.15, 0.2) is 24.5 Å². The van der Waals surface area contributed by atoms with Gasteiger partial charge in [0, 0.05) is 19.4 Å². The van der Waals surface area contributed by atoms with E-state index in [0.29, 0.717) is 6.54 Å². The van der Waals surface area contributed by atoms with Crippen LogP contribution in [-0.2, 0) is 20.0 Å². The summed E-state index contributed by atoms with van der Waals surface area (Å²) in [5.41, 5.74) is 4.16. The molecule has 0 N–H and O–H groups in total. The van der Waals surface area contributed by atoms with Gasteiger partial charge in [-0.1, -0.05) is 6.92 Å². The molecule has 0 aliphatic heterocycles. The van der Waals surface area contributed by atoms with Crippen molar-refractivity contribution >= 4 is 22.8 Å². The number of hydrogen-bond donors (Lipinski definition) is 0. The summed E-state index contributed by atoms with van der Waals surface area (Å²) in [5.74, 6) is 0.881. The van der Waals surface area contributed by atoms with E-state index < -0.39 is 0 Å². The molecule has 0 aliphatic carbocycles. The van der Waals surface area contributed by atoms with Crippen LogP contribution < -0.4 is 0 Å². The van der Waals surface area contributed by atoms with Crippen molar-refractivity contribution in [3.63, 3.8) is 0 Å². The van der Waals surface area contributed by atoms with E-state index in [2.05, 4.69) is 21.6 Å². The summed E-state index contributed by atoms with van der Waals surface area (Å²) in [6, 6.07) is 4.01. The number of halogens is 1. The van der Waals surface area contributed by atoms with Crippen LogP contribution >= 0.6 is 11.6 Å². The zero-order valence-electron chi connectivity index (χ0n) is 12.4. The average molecular weight is 304 g/mol. The first-order valence-corrected chi connectivity index (χ1v) is 7.50. The van der Waals surface area contributed by atoms with Crippen LogP contribution in [0, 0.1) is 0 Å². The Balaban J connectivity index is 2.18. The van der Waals surface area contributed by atoms with Gasteiger partial charge in [-0.25, -0.2) is 4.98 Å². The number of hydrogen-bond acceptors (Lipinski definition) is 3. The molecule has 0 fully saturated rings. The molecule has 0 bridgehead atoms. The maximum atomic E-state index is 6.33. The maximum Gasteiger partial charge on any atom is 0.159 e.